The van der Waals surface area contributed by atoms with E-state index < -0.39 is 0 Å². The van der Waals surface area contributed by atoms with Gasteiger partial charge < -0.3 is 0 Å². The zero-order valence-corrected chi connectivity index (χ0v) is 5.12. The van der Waals surface area contributed by atoms with E-state index >= 15 is 0 Å². The summed E-state index contributed by atoms with van der Waals surface area (Å²) in [5.74, 6) is 0. The monoisotopic (exact) mass is 116 g/mol. The second kappa shape index (κ2) is 1.86. The van der Waals surface area contributed by atoms with Crippen molar-refractivity contribution in [2.75, 3.05) is 0 Å². The lowest BCUT2D eigenvalue weighted by Gasteiger charge is -1.89. The molecule has 0 saturated carbocycles. The Kier molecular flexibility index (Phi) is 1.38. The maximum Gasteiger partial charge on any atom is 0.189 e. The lowest BCUT2D eigenvalue weighted by Crippen LogP contribution is -1.82. The fraction of sp³-hybridized carbons (Fsp3) is 0.800. The Bertz CT molecular complexity index is 90.1. The highest BCUT2D eigenvalue weighted by Gasteiger charge is 2.17. The van der Waals surface area contributed by atoms with Crippen LogP contribution in [0.15, 0.2) is 0 Å². The average Bonchev–Trinajstić information content (AvgIpc) is 1.87. The first-order valence-electron chi connectivity index (χ1n) is 2.48. The molecule has 0 spiro atoms. The number of thioether (sulfide) groups is 1. The Morgan fingerprint density at radius 1 is 1.86 bits per heavy atom. The molecule has 0 amide bonds. The van der Waals surface area contributed by atoms with E-state index in [9.17, 15) is 4.79 Å². The zero-order valence-electron chi connectivity index (χ0n) is 4.31. The van der Waals surface area contributed by atoms with E-state index in [-0.39, 0.29) is 0 Å². The normalized spacial score (nSPS) is 31.6. The predicted molar refractivity (Wildman–Crippen MR) is 31.3 cm³/mol. The molecule has 1 saturated heterocycles. The SMILES string of the molecule is C[C@H]1CCC(=O)S1. The number of rotatable bonds is 0. The molecule has 0 aliphatic carbocycles. The van der Waals surface area contributed by atoms with Crippen molar-refractivity contribution in [3.05, 3.63) is 0 Å². The van der Waals surface area contributed by atoms with Crippen LogP contribution < -0.4 is 0 Å². The maximum atomic E-state index is 10.4. The lowest BCUT2D eigenvalue weighted by molar-refractivity contribution is -0.110. The number of hydrogen-bond donors (Lipinski definition) is 0. The Hall–Kier alpha value is 0.0200. The minimum absolute atomic E-state index is 0.368. The van der Waals surface area contributed by atoms with Gasteiger partial charge in [0.2, 0.25) is 0 Å². The van der Waals surface area contributed by atoms with Gasteiger partial charge in [-0.2, -0.15) is 0 Å². The van der Waals surface area contributed by atoms with Crippen LogP contribution in [-0.2, 0) is 4.79 Å². The molecule has 1 aliphatic heterocycles. The first-order chi connectivity index (χ1) is 3.29. The summed E-state index contributed by atoms with van der Waals surface area (Å²) < 4.78 is 0. The Morgan fingerprint density at radius 2 is 2.57 bits per heavy atom. The van der Waals surface area contributed by atoms with Crippen LogP contribution in [0.25, 0.3) is 0 Å². The predicted octanol–water partition coefficient (Wildman–Crippen LogP) is 1.43. The van der Waals surface area contributed by atoms with Crippen molar-refractivity contribution in [3.8, 4) is 0 Å². The summed E-state index contributed by atoms with van der Waals surface area (Å²) in [5.41, 5.74) is 0. The minimum Gasteiger partial charge on any atom is -0.287 e. The number of carbonyl (C=O) groups excluding carboxylic acids is 1. The van der Waals surface area contributed by atoms with Crippen molar-refractivity contribution in [1.82, 2.24) is 0 Å². The van der Waals surface area contributed by atoms with Crippen molar-refractivity contribution < 1.29 is 4.79 Å². The molecule has 0 aromatic carbocycles. The maximum absolute atomic E-state index is 10.4. The summed E-state index contributed by atoms with van der Waals surface area (Å²) in [6.45, 7) is 2.09. The molecule has 0 bridgehead atoms. The van der Waals surface area contributed by atoms with Gasteiger partial charge in [0.25, 0.3) is 0 Å². The molecule has 0 radical (unpaired) electrons. The lowest BCUT2D eigenvalue weighted by atomic mass is 10.3. The van der Waals surface area contributed by atoms with Gasteiger partial charge in [-0.1, -0.05) is 18.7 Å². The van der Waals surface area contributed by atoms with E-state index in [2.05, 4.69) is 6.92 Å². The quantitative estimate of drug-likeness (QED) is 0.476. The van der Waals surface area contributed by atoms with Crippen LogP contribution in [0.1, 0.15) is 19.8 Å². The molecule has 0 aromatic rings. The molecule has 2 heteroatoms. The molecule has 7 heavy (non-hydrogen) atoms. The molecule has 1 aliphatic rings. The fourth-order valence-corrected chi connectivity index (χ4v) is 1.58. The van der Waals surface area contributed by atoms with Crippen molar-refractivity contribution in [2.45, 2.75) is 25.0 Å². The standard InChI is InChI=1S/C5H8OS/c1-4-2-3-5(6)7-4/h4H,2-3H2,1H3/t4-/m0/s1. The molecule has 1 atom stereocenters. The first kappa shape index (κ1) is 5.16. The molecule has 40 valence electrons. The molecule has 0 N–H and O–H groups in total. The third-order valence-corrected chi connectivity index (χ3v) is 2.19. The van der Waals surface area contributed by atoms with Crippen LogP contribution in [-0.4, -0.2) is 10.4 Å². The average molecular weight is 116 g/mol. The summed E-state index contributed by atoms with van der Waals surface area (Å²) in [4.78, 5) is 10.4. The van der Waals surface area contributed by atoms with Crippen molar-refractivity contribution in [2.24, 2.45) is 0 Å². The topological polar surface area (TPSA) is 17.1 Å². The summed E-state index contributed by atoms with van der Waals surface area (Å²) in [6.07, 6.45) is 1.88. The van der Waals surface area contributed by atoms with Crippen molar-refractivity contribution in [1.29, 1.82) is 0 Å². The molecule has 1 rings (SSSR count). The molecule has 1 heterocycles. The van der Waals surface area contributed by atoms with Gasteiger partial charge in [-0.05, 0) is 6.42 Å². The van der Waals surface area contributed by atoms with Gasteiger partial charge >= 0.3 is 0 Å². The van der Waals surface area contributed by atoms with Crippen molar-refractivity contribution >= 4 is 16.9 Å². The molecular formula is C5H8OS. The third kappa shape index (κ3) is 1.20. The summed E-state index contributed by atoms with van der Waals surface area (Å²) in [7, 11) is 0. The van der Waals surface area contributed by atoms with Gasteiger partial charge in [0.05, 0.1) is 0 Å². The first-order valence-corrected chi connectivity index (χ1v) is 3.36. The molecule has 0 unspecified atom stereocenters. The molecular weight excluding hydrogens is 108 g/mol. The van der Waals surface area contributed by atoms with Gasteiger partial charge in [0.15, 0.2) is 5.12 Å². The van der Waals surface area contributed by atoms with E-state index in [1.54, 1.807) is 0 Å². The Morgan fingerprint density at radius 3 is 2.71 bits per heavy atom. The highest BCUT2D eigenvalue weighted by atomic mass is 32.2. The number of hydrogen-bond acceptors (Lipinski definition) is 2. The second-order valence-corrected chi connectivity index (χ2v) is 3.33. The highest BCUT2D eigenvalue weighted by molar-refractivity contribution is 8.14. The van der Waals surface area contributed by atoms with Crippen LogP contribution in [0.3, 0.4) is 0 Å². The van der Waals surface area contributed by atoms with Gasteiger partial charge in [-0.3, -0.25) is 4.79 Å². The fourth-order valence-electron chi connectivity index (χ4n) is 0.663. The van der Waals surface area contributed by atoms with E-state index in [1.807, 2.05) is 0 Å². The Labute approximate surface area is 47.5 Å². The van der Waals surface area contributed by atoms with Gasteiger partial charge in [0.1, 0.15) is 0 Å². The second-order valence-electron chi connectivity index (χ2n) is 1.84. The largest absolute Gasteiger partial charge is 0.287 e. The minimum atomic E-state index is 0.368. The van der Waals surface area contributed by atoms with Crippen LogP contribution in [0.2, 0.25) is 0 Å². The van der Waals surface area contributed by atoms with Crippen LogP contribution in [0.4, 0.5) is 0 Å². The van der Waals surface area contributed by atoms with E-state index in [0.717, 1.165) is 12.8 Å². The molecule has 1 nitrogen and oxygen atoms in total. The van der Waals surface area contributed by atoms with Crippen LogP contribution >= 0.6 is 11.8 Å². The number of carbonyl (C=O) groups is 1. The highest BCUT2D eigenvalue weighted by Crippen LogP contribution is 2.26. The van der Waals surface area contributed by atoms with E-state index in [4.69, 9.17) is 0 Å². The summed E-state index contributed by atoms with van der Waals surface area (Å²) in [5, 5.41) is 0.958. The van der Waals surface area contributed by atoms with Crippen LogP contribution in [0, 0.1) is 0 Å². The summed E-state index contributed by atoms with van der Waals surface area (Å²) >= 11 is 1.48. The smallest absolute Gasteiger partial charge is 0.189 e. The van der Waals surface area contributed by atoms with Gasteiger partial charge in [-0.25, -0.2) is 0 Å². The third-order valence-electron chi connectivity index (χ3n) is 1.09. The molecule has 0 aromatic heterocycles. The Balaban J connectivity index is 2.40. The van der Waals surface area contributed by atoms with Crippen molar-refractivity contribution in [3.63, 3.8) is 0 Å². The van der Waals surface area contributed by atoms with E-state index in [1.165, 1.54) is 11.8 Å². The molecule has 1 fully saturated rings. The zero-order chi connectivity index (χ0) is 5.28. The van der Waals surface area contributed by atoms with Gasteiger partial charge in [0, 0.05) is 11.7 Å². The van der Waals surface area contributed by atoms with Gasteiger partial charge in [-0.15, -0.1) is 0 Å². The summed E-state index contributed by atoms with van der Waals surface area (Å²) in [6, 6.07) is 0. The van der Waals surface area contributed by atoms with Crippen LogP contribution in [0.5, 0.6) is 0 Å². The van der Waals surface area contributed by atoms with E-state index in [0.29, 0.717) is 10.4 Å².